The Morgan fingerprint density at radius 1 is 0.917 bits per heavy atom. The summed E-state index contributed by atoms with van der Waals surface area (Å²) in [5.41, 5.74) is 1.06. The summed E-state index contributed by atoms with van der Waals surface area (Å²) >= 11 is 4.24. The fourth-order valence-electron chi connectivity index (χ4n) is 1.02. The molecule has 1 heterocycles. The Balaban J connectivity index is 0.000000336. The van der Waals surface area contributed by atoms with E-state index in [4.69, 9.17) is 0 Å². The van der Waals surface area contributed by atoms with E-state index in [1.165, 1.54) is 5.39 Å². The standard InChI is InChI=1S/C9H7N.I2/c1-2-6-9-8(4-1)5-3-7-10-9;1-2/h1-7H;. The van der Waals surface area contributed by atoms with Crippen LogP contribution in [0.1, 0.15) is 0 Å². The van der Waals surface area contributed by atoms with E-state index in [2.05, 4.69) is 54.3 Å². The molecule has 0 spiro atoms. The largest absolute Gasteiger partial charge is 0.256 e. The van der Waals surface area contributed by atoms with E-state index in [0.29, 0.717) is 0 Å². The average molecular weight is 383 g/mol. The number of hydrogen-bond acceptors (Lipinski definition) is 1. The van der Waals surface area contributed by atoms with Gasteiger partial charge in [-0.05, 0) is 12.1 Å². The Kier molecular flexibility index (Phi) is 4.82. The van der Waals surface area contributed by atoms with Gasteiger partial charge in [0.05, 0.1) is 5.52 Å². The molecule has 0 aliphatic heterocycles. The van der Waals surface area contributed by atoms with E-state index < -0.39 is 0 Å². The molecule has 0 N–H and O–H groups in total. The number of hydrogen-bond donors (Lipinski definition) is 0. The van der Waals surface area contributed by atoms with Crippen molar-refractivity contribution < 1.29 is 0 Å². The van der Waals surface area contributed by atoms with Gasteiger partial charge in [0.1, 0.15) is 0 Å². The van der Waals surface area contributed by atoms with E-state index in [-0.39, 0.29) is 0 Å². The highest BCUT2D eigenvalue weighted by molar-refractivity contribution is 15.0. The fraction of sp³-hybridized carbons (Fsp3) is 0. The Bertz CT molecular complexity index is 284. The van der Waals surface area contributed by atoms with Crippen molar-refractivity contribution in [3.63, 3.8) is 0 Å². The van der Waals surface area contributed by atoms with Crippen molar-refractivity contribution in [3.8, 4) is 0 Å². The molecule has 0 fully saturated rings. The molecule has 0 amide bonds. The smallest absolute Gasteiger partial charge is 0.0701 e. The van der Waals surface area contributed by atoms with Crippen LogP contribution in [-0.4, -0.2) is 4.98 Å². The van der Waals surface area contributed by atoms with Crippen LogP contribution in [0.15, 0.2) is 42.6 Å². The van der Waals surface area contributed by atoms with Gasteiger partial charge < -0.3 is 0 Å². The third-order valence-electron chi connectivity index (χ3n) is 1.51. The summed E-state index contributed by atoms with van der Waals surface area (Å²) < 4.78 is 0. The van der Waals surface area contributed by atoms with Gasteiger partial charge in [-0.1, -0.05) is 24.3 Å². The zero-order valence-electron chi connectivity index (χ0n) is 6.24. The molecule has 0 radical (unpaired) electrons. The predicted octanol–water partition coefficient (Wildman–Crippen LogP) is 4.01. The minimum absolute atomic E-state index is 1.06. The molecule has 1 aromatic heterocycles. The van der Waals surface area contributed by atoms with Crippen LogP contribution >= 0.6 is 37.2 Å². The van der Waals surface area contributed by atoms with Crippen LogP contribution in [0.25, 0.3) is 10.9 Å². The summed E-state index contributed by atoms with van der Waals surface area (Å²) in [6.07, 6.45) is 1.81. The summed E-state index contributed by atoms with van der Waals surface area (Å²) in [4.78, 5) is 4.18. The minimum atomic E-state index is 1.06. The number of fused-ring (bicyclic) bond motifs is 1. The lowest BCUT2D eigenvalue weighted by Gasteiger charge is -1.91. The highest BCUT2D eigenvalue weighted by Gasteiger charge is 1.86. The second kappa shape index (κ2) is 5.69. The van der Waals surface area contributed by atoms with Gasteiger partial charge in [-0.15, -0.1) is 0 Å². The maximum absolute atomic E-state index is 4.18. The SMILES string of the molecule is II.c1ccc2ncccc2c1. The molecule has 0 unspecified atom stereocenters. The van der Waals surface area contributed by atoms with E-state index in [0.717, 1.165) is 5.52 Å². The Hall–Kier alpha value is 0.0900. The molecule has 0 atom stereocenters. The molecular formula is C9H7I2N. The van der Waals surface area contributed by atoms with Gasteiger partial charge in [0.2, 0.25) is 0 Å². The molecule has 1 aromatic carbocycles. The van der Waals surface area contributed by atoms with Crippen LogP contribution in [0, 0.1) is 0 Å². The Labute approximate surface area is 94.9 Å². The van der Waals surface area contributed by atoms with Gasteiger partial charge in [-0.2, -0.15) is 0 Å². The number of aromatic nitrogens is 1. The third-order valence-corrected chi connectivity index (χ3v) is 1.51. The maximum atomic E-state index is 4.18. The van der Waals surface area contributed by atoms with E-state index in [9.17, 15) is 0 Å². The summed E-state index contributed by atoms with van der Waals surface area (Å²) in [6, 6.07) is 12.1. The first-order chi connectivity index (χ1) is 5.97. The van der Waals surface area contributed by atoms with E-state index in [1.54, 1.807) is 0 Å². The molecular weight excluding hydrogens is 376 g/mol. The highest BCUT2D eigenvalue weighted by Crippen LogP contribution is 2.07. The first-order valence-corrected chi connectivity index (χ1v) is 9.69. The quantitative estimate of drug-likeness (QED) is 0.627. The summed E-state index contributed by atoms with van der Waals surface area (Å²) in [7, 11) is 0. The van der Waals surface area contributed by atoms with Crippen molar-refractivity contribution in [2.75, 3.05) is 0 Å². The van der Waals surface area contributed by atoms with Crippen LogP contribution < -0.4 is 0 Å². The van der Waals surface area contributed by atoms with Crippen molar-refractivity contribution in [1.82, 2.24) is 4.98 Å². The van der Waals surface area contributed by atoms with Crippen molar-refractivity contribution in [3.05, 3.63) is 42.6 Å². The Morgan fingerprint density at radius 2 is 1.58 bits per heavy atom. The molecule has 0 aliphatic rings. The molecule has 0 saturated carbocycles. The van der Waals surface area contributed by atoms with E-state index in [1.807, 2.05) is 30.5 Å². The summed E-state index contributed by atoms with van der Waals surface area (Å²) in [6.45, 7) is 0. The van der Waals surface area contributed by atoms with Crippen LogP contribution in [-0.2, 0) is 0 Å². The summed E-state index contributed by atoms with van der Waals surface area (Å²) in [5, 5.41) is 1.20. The van der Waals surface area contributed by atoms with Gasteiger partial charge in [-0.3, -0.25) is 4.98 Å². The lowest BCUT2D eigenvalue weighted by Crippen LogP contribution is -1.73. The van der Waals surface area contributed by atoms with Gasteiger partial charge in [0.15, 0.2) is 0 Å². The number of halogens is 2. The Morgan fingerprint density at radius 3 is 2.33 bits per heavy atom. The minimum Gasteiger partial charge on any atom is -0.256 e. The van der Waals surface area contributed by atoms with Crippen molar-refractivity contribution in [1.29, 1.82) is 0 Å². The van der Waals surface area contributed by atoms with E-state index >= 15 is 0 Å². The zero-order valence-corrected chi connectivity index (χ0v) is 10.6. The molecule has 0 bridgehead atoms. The number of pyridine rings is 1. The van der Waals surface area contributed by atoms with Crippen LogP contribution in [0.3, 0.4) is 0 Å². The maximum Gasteiger partial charge on any atom is 0.0701 e. The molecule has 1 nitrogen and oxygen atoms in total. The predicted molar refractivity (Wildman–Crippen MR) is 69.8 cm³/mol. The number of nitrogens with zero attached hydrogens (tertiary/aromatic N) is 1. The number of rotatable bonds is 0. The first kappa shape index (κ1) is 10.2. The van der Waals surface area contributed by atoms with Crippen molar-refractivity contribution >= 4 is 48.1 Å². The van der Waals surface area contributed by atoms with Crippen molar-refractivity contribution in [2.24, 2.45) is 0 Å². The number of para-hydroxylation sites is 1. The molecule has 0 aliphatic carbocycles. The molecule has 2 aromatic rings. The molecule has 62 valence electrons. The van der Waals surface area contributed by atoms with Gasteiger partial charge >= 0.3 is 0 Å². The van der Waals surface area contributed by atoms with Crippen LogP contribution in [0.2, 0.25) is 0 Å². The first-order valence-electron chi connectivity index (χ1n) is 3.41. The normalized spacial score (nSPS) is 8.83. The van der Waals surface area contributed by atoms with Crippen molar-refractivity contribution in [2.45, 2.75) is 0 Å². The fourth-order valence-corrected chi connectivity index (χ4v) is 1.02. The van der Waals surface area contributed by atoms with Crippen LogP contribution in [0.4, 0.5) is 0 Å². The zero-order chi connectivity index (χ0) is 8.81. The second-order valence-electron chi connectivity index (χ2n) is 2.20. The molecule has 0 saturated heterocycles. The summed E-state index contributed by atoms with van der Waals surface area (Å²) in [5.74, 6) is 0. The van der Waals surface area contributed by atoms with Gasteiger partial charge in [0, 0.05) is 48.8 Å². The topological polar surface area (TPSA) is 12.9 Å². The highest BCUT2D eigenvalue weighted by atomic mass is 128. The van der Waals surface area contributed by atoms with Gasteiger partial charge in [-0.25, -0.2) is 0 Å². The van der Waals surface area contributed by atoms with Gasteiger partial charge in [0.25, 0.3) is 0 Å². The lowest BCUT2D eigenvalue weighted by molar-refractivity contribution is 1.41. The van der Waals surface area contributed by atoms with Crippen LogP contribution in [0.5, 0.6) is 0 Å². The third kappa shape index (κ3) is 2.55. The number of benzene rings is 1. The molecule has 3 heteroatoms. The monoisotopic (exact) mass is 383 g/mol. The molecule has 2 rings (SSSR count). The average Bonchev–Trinajstić information content (AvgIpc) is 2.21. The lowest BCUT2D eigenvalue weighted by atomic mass is 10.2. The second-order valence-corrected chi connectivity index (χ2v) is 2.20. The molecule has 12 heavy (non-hydrogen) atoms.